The molecule has 24 heavy (non-hydrogen) atoms. The fourth-order valence-electron chi connectivity index (χ4n) is 3.16. The molecule has 3 nitrogen and oxygen atoms in total. The van der Waals surface area contributed by atoms with E-state index < -0.39 is 17.7 Å². The molecule has 0 aromatic heterocycles. The molecule has 0 saturated heterocycles. The second-order valence-electron chi connectivity index (χ2n) is 5.68. The van der Waals surface area contributed by atoms with Crippen molar-refractivity contribution in [1.29, 1.82) is 0 Å². The summed E-state index contributed by atoms with van der Waals surface area (Å²) >= 11 is 0. The lowest BCUT2D eigenvalue weighted by molar-refractivity contribution is -0.148. The zero-order chi connectivity index (χ0) is 16.5. The van der Waals surface area contributed by atoms with Crippen molar-refractivity contribution in [2.24, 2.45) is 0 Å². The average Bonchev–Trinajstić information content (AvgIpc) is 2.64. The summed E-state index contributed by atoms with van der Waals surface area (Å²) in [6, 6.07) is 24.7. The summed E-state index contributed by atoms with van der Waals surface area (Å²) in [6.45, 7) is 0. The summed E-state index contributed by atoms with van der Waals surface area (Å²) in [7, 11) is 0. The molecule has 3 heteroatoms. The Bertz CT molecular complexity index is 914. The van der Waals surface area contributed by atoms with Gasteiger partial charge in [-0.3, -0.25) is 4.79 Å². The molecule has 0 fully saturated rings. The second-order valence-corrected chi connectivity index (χ2v) is 5.68. The summed E-state index contributed by atoms with van der Waals surface area (Å²) in [5.74, 6) is -1.52. The third-order valence-electron chi connectivity index (χ3n) is 4.24. The molecule has 116 valence electrons. The van der Waals surface area contributed by atoms with E-state index in [0.29, 0.717) is 5.75 Å². The Labute approximate surface area is 139 Å². The molecule has 0 saturated carbocycles. The number of esters is 1. The van der Waals surface area contributed by atoms with Gasteiger partial charge in [0.15, 0.2) is 0 Å². The van der Waals surface area contributed by atoms with Crippen molar-refractivity contribution in [2.75, 3.05) is 0 Å². The summed E-state index contributed by atoms with van der Waals surface area (Å²) < 4.78 is 5.27. The van der Waals surface area contributed by atoms with Crippen molar-refractivity contribution >= 4 is 11.8 Å². The minimum Gasteiger partial charge on any atom is -0.420 e. The minimum absolute atomic E-state index is 0.454. The molecule has 3 aromatic carbocycles. The van der Waals surface area contributed by atoms with Crippen molar-refractivity contribution < 1.29 is 14.3 Å². The van der Waals surface area contributed by atoms with E-state index >= 15 is 0 Å². The molecule has 1 heterocycles. The van der Waals surface area contributed by atoms with Crippen LogP contribution in [0.3, 0.4) is 0 Å². The SMILES string of the molecule is O=C1Oc2cccc(-c3ccccc3)c2C(c2ccccc2)C1=O. The number of rotatable bonds is 2. The van der Waals surface area contributed by atoms with Crippen LogP contribution in [0.25, 0.3) is 11.1 Å². The smallest absolute Gasteiger partial charge is 0.381 e. The minimum atomic E-state index is -0.804. The van der Waals surface area contributed by atoms with Gasteiger partial charge in [-0.05, 0) is 22.8 Å². The highest BCUT2D eigenvalue weighted by atomic mass is 16.5. The van der Waals surface area contributed by atoms with Crippen LogP contribution >= 0.6 is 0 Å². The van der Waals surface area contributed by atoms with Crippen LogP contribution in [0.15, 0.2) is 78.9 Å². The van der Waals surface area contributed by atoms with Gasteiger partial charge in [0, 0.05) is 5.56 Å². The van der Waals surface area contributed by atoms with Gasteiger partial charge in [-0.25, -0.2) is 4.79 Å². The van der Waals surface area contributed by atoms with Gasteiger partial charge in [0.2, 0.25) is 0 Å². The Balaban J connectivity index is 1.98. The lowest BCUT2D eigenvalue weighted by atomic mass is 9.81. The summed E-state index contributed by atoms with van der Waals surface area (Å²) in [4.78, 5) is 24.6. The predicted octanol–water partition coefficient (Wildman–Crippen LogP) is 3.97. The number of benzene rings is 3. The number of hydrogen-bond donors (Lipinski definition) is 0. The molecule has 4 rings (SSSR count). The summed E-state index contributed by atoms with van der Waals surface area (Å²) in [5.41, 5.74) is 3.44. The Morgan fingerprint density at radius 2 is 1.38 bits per heavy atom. The molecule has 0 spiro atoms. The third-order valence-corrected chi connectivity index (χ3v) is 4.24. The van der Waals surface area contributed by atoms with Gasteiger partial charge in [0.25, 0.3) is 5.78 Å². The standard InChI is InChI=1S/C21H14O3/c22-20-18(15-10-5-2-6-11-15)19-16(14-8-3-1-4-9-14)12-7-13-17(19)24-21(20)23/h1-13,18H. The highest BCUT2D eigenvalue weighted by molar-refractivity contribution is 6.38. The number of carbonyl (C=O) groups excluding carboxylic acids is 2. The van der Waals surface area contributed by atoms with Crippen LogP contribution in [0, 0.1) is 0 Å². The Kier molecular flexibility index (Phi) is 3.47. The van der Waals surface area contributed by atoms with Crippen LogP contribution in [-0.4, -0.2) is 11.8 Å². The predicted molar refractivity (Wildman–Crippen MR) is 90.8 cm³/mol. The molecule has 0 aliphatic carbocycles. The van der Waals surface area contributed by atoms with Crippen LogP contribution in [-0.2, 0) is 9.59 Å². The van der Waals surface area contributed by atoms with Crippen LogP contribution in [0.5, 0.6) is 5.75 Å². The third kappa shape index (κ3) is 2.31. The lowest BCUT2D eigenvalue weighted by Gasteiger charge is -2.26. The first-order chi connectivity index (χ1) is 11.8. The van der Waals surface area contributed by atoms with E-state index in [2.05, 4.69) is 0 Å². The van der Waals surface area contributed by atoms with E-state index in [9.17, 15) is 9.59 Å². The number of carbonyl (C=O) groups is 2. The van der Waals surface area contributed by atoms with Crippen molar-refractivity contribution in [3.05, 3.63) is 90.0 Å². The fourth-order valence-corrected chi connectivity index (χ4v) is 3.16. The summed E-state index contributed by atoms with van der Waals surface area (Å²) in [6.07, 6.45) is 0. The van der Waals surface area contributed by atoms with Crippen LogP contribution in [0.2, 0.25) is 0 Å². The lowest BCUT2D eigenvalue weighted by Crippen LogP contribution is -2.32. The molecular formula is C21H14O3. The fraction of sp³-hybridized carbons (Fsp3) is 0.0476. The molecule has 1 atom stereocenters. The van der Waals surface area contributed by atoms with Gasteiger partial charge in [0.1, 0.15) is 5.75 Å². The first kappa shape index (κ1) is 14.4. The molecule has 0 radical (unpaired) electrons. The van der Waals surface area contributed by atoms with E-state index in [-0.39, 0.29) is 0 Å². The number of Topliss-reactive ketones (excluding diaryl/α,β-unsaturated/α-hetero) is 1. The maximum atomic E-state index is 12.6. The van der Waals surface area contributed by atoms with Crippen molar-refractivity contribution in [3.8, 4) is 16.9 Å². The first-order valence-electron chi connectivity index (χ1n) is 7.75. The van der Waals surface area contributed by atoms with E-state index in [1.54, 1.807) is 6.07 Å². The Morgan fingerprint density at radius 1 is 0.708 bits per heavy atom. The van der Waals surface area contributed by atoms with Crippen molar-refractivity contribution in [1.82, 2.24) is 0 Å². The molecule has 0 bridgehead atoms. The Morgan fingerprint density at radius 3 is 2.08 bits per heavy atom. The zero-order valence-electron chi connectivity index (χ0n) is 12.8. The normalized spacial score (nSPS) is 16.4. The maximum absolute atomic E-state index is 12.6. The molecule has 3 aromatic rings. The highest BCUT2D eigenvalue weighted by Gasteiger charge is 2.38. The molecular weight excluding hydrogens is 300 g/mol. The number of ketones is 1. The van der Waals surface area contributed by atoms with E-state index in [1.165, 1.54) is 0 Å². The van der Waals surface area contributed by atoms with Gasteiger partial charge in [0.05, 0.1) is 5.92 Å². The van der Waals surface area contributed by atoms with Crippen LogP contribution < -0.4 is 4.74 Å². The molecule has 0 amide bonds. The Hall–Kier alpha value is -3.20. The molecule has 1 aliphatic heterocycles. The molecule has 1 aliphatic rings. The molecule has 0 N–H and O–H groups in total. The monoisotopic (exact) mass is 314 g/mol. The molecule has 1 unspecified atom stereocenters. The zero-order valence-corrected chi connectivity index (χ0v) is 12.8. The second kappa shape index (κ2) is 5.78. The van der Waals surface area contributed by atoms with Crippen LogP contribution in [0.4, 0.5) is 0 Å². The largest absolute Gasteiger partial charge is 0.420 e. The number of ether oxygens (including phenoxy) is 1. The van der Waals surface area contributed by atoms with E-state index in [4.69, 9.17) is 4.74 Å². The number of hydrogen-bond acceptors (Lipinski definition) is 3. The van der Waals surface area contributed by atoms with Gasteiger partial charge < -0.3 is 4.74 Å². The van der Waals surface area contributed by atoms with Gasteiger partial charge in [-0.2, -0.15) is 0 Å². The quantitative estimate of drug-likeness (QED) is 0.408. The summed E-state index contributed by atoms with van der Waals surface area (Å²) in [5, 5.41) is 0. The van der Waals surface area contributed by atoms with Crippen LogP contribution in [0.1, 0.15) is 17.0 Å². The topological polar surface area (TPSA) is 43.4 Å². The average molecular weight is 314 g/mol. The van der Waals surface area contributed by atoms with Gasteiger partial charge in [-0.15, -0.1) is 0 Å². The maximum Gasteiger partial charge on any atom is 0.381 e. The highest BCUT2D eigenvalue weighted by Crippen LogP contribution is 2.42. The van der Waals surface area contributed by atoms with Gasteiger partial charge >= 0.3 is 5.97 Å². The van der Waals surface area contributed by atoms with E-state index in [1.807, 2.05) is 72.8 Å². The van der Waals surface area contributed by atoms with E-state index in [0.717, 1.165) is 22.3 Å². The number of fused-ring (bicyclic) bond motifs is 1. The first-order valence-corrected chi connectivity index (χ1v) is 7.75. The van der Waals surface area contributed by atoms with Crippen molar-refractivity contribution in [2.45, 2.75) is 5.92 Å². The van der Waals surface area contributed by atoms with Gasteiger partial charge in [-0.1, -0.05) is 72.8 Å². The van der Waals surface area contributed by atoms with Crippen molar-refractivity contribution in [3.63, 3.8) is 0 Å².